The Morgan fingerprint density at radius 2 is 1.33 bits per heavy atom. The first kappa shape index (κ1) is 47.4. The number of fused-ring (bicyclic) bond motifs is 1. The number of thiophene rings is 1. The highest BCUT2D eigenvalue weighted by Crippen LogP contribution is 2.44. The molecule has 0 unspecified atom stereocenters. The second-order valence-electron chi connectivity index (χ2n) is 15.8. The molecule has 63 heavy (non-hydrogen) atoms. The molecule has 2 aromatic heterocycles. The number of nitrogens with one attached hydrogen (secondary N) is 3. The molecular formula is C47H58N4O11S. The molecule has 1 aliphatic rings. The standard InChI is InChI=1S/C47H58N4O11S/c1-47(2)17-16-39-40(31-47)63-45(41(39)44(54)48-38-14-10-34(11-15-38)7-6-33-8-12-36(13-9-33)42-49-46(55)62-51-42)50-43(53)37-5-3-4-35(30-37)32-61-29-28-60-27-26-59-25-24-58-23-22-57-21-20-56-19-18-52/h3-5,8-15,30,52H,6-7,16-29,31-32H2,1-2H3,(H,48,54)(H,50,53)(H,49,51,55). The Bertz CT molecular complexity index is 2230. The molecule has 4 N–H and O–H groups in total. The van der Waals surface area contributed by atoms with Crippen LogP contribution in [0.25, 0.3) is 11.4 Å². The Morgan fingerprint density at radius 3 is 1.92 bits per heavy atom. The maximum atomic E-state index is 14.0. The zero-order valence-corrected chi connectivity index (χ0v) is 36.9. The third-order valence-electron chi connectivity index (χ3n) is 10.4. The van der Waals surface area contributed by atoms with Crippen molar-refractivity contribution in [3.63, 3.8) is 0 Å². The minimum Gasteiger partial charge on any atom is -0.394 e. The van der Waals surface area contributed by atoms with Crippen LogP contribution in [-0.4, -0.2) is 106 Å². The van der Waals surface area contributed by atoms with Gasteiger partial charge in [-0.25, -0.2) is 4.79 Å². The van der Waals surface area contributed by atoms with Crippen LogP contribution in [0.15, 0.2) is 82.1 Å². The average Bonchev–Trinajstić information content (AvgIpc) is 3.87. The first-order chi connectivity index (χ1) is 30.7. The number of ether oxygens (including phenoxy) is 6. The smallest absolute Gasteiger partial charge is 0.394 e. The summed E-state index contributed by atoms with van der Waals surface area (Å²) in [5, 5.41) is 19.1. The van der Waals surface area contributed by atoms with E-state index in [4.69, 9.17) is 33.5 Å². The van der Waals surface area contributed by atoms with Gasteiger partial charge in [0.15, 0.2) is 5.82 Å². The zero-order chi connectivity index (χ0) is 44.3. The number of aliphatic hydroxyl groups is 1. The maximum Gasteiger partial charge on any atom is 0.439 e. The fourth-order valence-electron chi connectivity index (χ4n) is 6.99. The van der Waals surface area contributed by atoms with Crippen LogP contribution in [-0.2, 0) is 60.7 Å². The molecule has 15 nitrogen and oxygen atoms in total. The van der Waals surface area contributed by atoms with Gasteiger partial charge in [0.25, 0.3) is 11.8 Å². The van der Waals surface area contributed by atoms with E-state index < -0.39 is 5.76 Å². The van der Waals surface area contributed by atoms with Gasteiger partial charge in [-0.15, -0.1) is 11.3 Å². The van der Waals surface area contributed by atoms with Gasteiger partial charge in [-0.1, -0.05) is 67.5 Å². The Morgan fingerprint density at radius 1 is 0.746 bits per heavy atom. The highest BCUT2D eigenvalue weighted by molar-refractivity contribution is 7.17. The molecule has 2 heterocycles. The quantitative estimate of drug-likeness (QED) is 0.0420. The minimum absolute atomic E-state index is 0.00583. The van der Waals surface area contributed by atoms with Gasteiger partial charge in [0.05, 0.1) is 91.5 Å². The summed E-state index contributed by atoms with van der Waals surface area (Å²) < 4.78 is 37.5. The number of hydrogen-bond acceptors (Lipinski definition) is 13. The predicted octanol–water partition coefficient (Wildman–Crippen LogP) is 6.49. The highest BCUT2D eigenvalue weighted by atomic mass is 32.1. The van der Waals surface area contributed by atoms with Crippen LogP contribution in [0.3, 0.4) is 0 Å². The Kier molecular flexibility index (Phi) is 18.6. The molecule has 0 bridgehead atoms. The summed E-state index contributed by atoms with van der Waals surface area (Å²) in [5.41, 5.74) is 6.66. The fraction of sp³-hybridized carbons (Fsp3) is 0.447. The van der Waals surface area contributed by atoms with Crippen molar-refractivity contribution in [2.75, 3.05) is 89.9 Å². The third kappa shape index (κ3) is 15.3. The molecule has 3 aromatic carbocycles. The molecule has 338 valence electrons. The molecule has 0 radical (unpaired) electrons. The summed E-state index contributed by atoms with van der Waals surface area (Å²) in [7, 11) is 0. The van der Waals surface area contributed by atoms with E-state index in [1.165, 1.54) is 11.3 Å². The fourth-order valence-corrected chi connectivity index (χ4v) is 8.48. The number of aromatic amines is 1. The van der Waals surface area contributed by atoms with Crippen LogP contribution >= 0.6 is 11.3 Å². The lowest BCUT2D eigenvalue weighted by molar-refractivity contribution is -0.0190. The topological polar surface area (TPSA) is 193 Å². The third-order valence-corrected chi connectivity index (χ3v) is 11.5. The zero-order valence-electron chi connectivity index (χ0n) is 36.0. The van der Waals surface area contributed by atoms with Crippen molar-refractivity contribution in [1.82, 2.24) is 10.1 Å². The first-order valence-electron chi connectivity index (χ1n) is 21.4. The van der Waals surface area contributed by atoms with Gasteiger partial charge in [0, 0.05) is 21.7 Å². The minimum atomic E-state index is -0.588. The van der Waals surface area contributed by atoms with Gasteiger partial charge in [0.1, 0.15) is 5.00 Å². The molecule has 5 aromatic rings. The maximum absolute atomic E-state index is 14.0. The van der Waals surface area contributed by atoms with Gasteiger partial charge >= 0.3 is 5.76 Å². The van der Waals surface area contributed by atoms with Crippen LogP contribution in [0.2, 0.25) is 0 Å². The van der Waals surface area contributed by atoms with Crippen LogP contribution in [0.1, 0.15) is 68.1 Å². The second-order valence-corrected chi connectivity index (χ2v) is 16.9. The second kappa shape index (κ2) is 24.7. The van der Waals surface area contributed by atoms with E-state index in [1.54, 1.807) is 12.1 Å². The summed E-state index contributed by atoms with van der Waals surface area (Å²) in [5.74, 6) is -0.731. The number of benzene rings is 3. The summed E-state index contributed by atoms with van der Waals surface area (Å²) in [4.78, 5) is 42.7. The number of carbonyl (C=O) groups is 2. The Labute approximate surface area is 371 Å². The molecule has 0 fully saturated rings. The molecule has 1 aliphatic carbocycles. The highest BCUT2D eigenvalue weighted by Gasteiger charge is 2.33. The molecular weight excluding hydrogens is 829 g/mol. The van der Waals surface area contributed by atoms with Crippen LogP contribution in [0, 0.1) is 5.41 Å². The van der Waals surface area contributed by atoms with E-state index in [9.17, 15) is 14.4 Å². The van der Waals surface area contributed by atoms with Crippen molar-refractivity contribution in [2.45, 2.75) is 52.6 Å². The van der Waals surface area contributed by atoms with E-state index in [2.05, 4.69) is 39.1 Å². The first-order valence-corrected chi connectivity index (χ1v) is 22.2. The average molecular weight is 887 g/mol. The number of amides is 2. The molecule has 6 rings (SSSR count). The summed E-state index contributed by atoms with van der Waals surface area (Å²) in [6, 6.07) is 22.9. The van der Waals surface area contributed by atoms with E-state index in [1.807, 2.05) is 60.7 Å². The molecule has 2 amide bonds. The number of nitrogens with zero attached hydrogens (tertiary/aromatic N) is 1. The van der Waals surface area contributed by atoms with Crippen molar-refractivity contribution in [3.8, 4) is 11.4 Å². The number of aromatic nitrogens is 2. The SMILES string of the molecule is CC1(C)CCc2c(sc(NC(=O)c3cccc(COCCOCCOCCOCCOCCOCCO)c3)c2C(=O)Nc2ccc(CCc3ccc(-c4noc(=O)[nH]4)cc3)cc2)C1. The number of rotatable bonds is 27. The van der Waals surface area contributed by atoms with Crippen LogP contribution in [0.5, 0.6) is 0 Å². The van der Waals surface area contributed by atoms with E-state index >= 15 is 0 Å². The monoisotopic (exact) mass is 886 g/mol. The van der Waals surface area contributed by atoms with Crippen molar-refractivity contribution < 1.29 is 47.6 Å². The molecule has 0 aliphatic heterocycles. The van der Waals surface area contributed by atoms with Gasteiger partial charge < -0.3 is 44.2 Å². The number of aliphatic hydroxyl groups excluding tert-OH is 1. The van der Waals surface area contributed by atoms with Crippen molar-refractivity contribution in [3.05, 3.63) is 122 Å². The molecule has 0 atom stereocenters. The largest absolute Gasteiger partial charge is 0.439 e. The van der Waals surface area contributed by atoms with Crippen molar-refractivity contribution in [2.24, 2.45) is 5.41 Å². The summed E-state index contributed by atoms with van der Waals surface area (Å²) in [6.07, 6.45) is 4.15. The number of aryl methyl sites for hydroxylation is 2. The van der Waals surface area contributed by atoms with Crippen molar-refractivity contribution >= 4 is 33.8 Å². The lowest BCUT2D eigenvalue weighted by Gasteiger charge is -2.29. The molecule has 0 spiro atoms. The van der Waals surface area contributed by atoms with Gasteiger partial charge in [-0.2, -0.15) is 0 Å². The Balaban J connectivity index is 0.932. The lowest BCUT2D eigenvalue weighted by Crippen LogP contribution is -2.23. The Hall–Kier alpha value is -5.04. The van der Waals surface area contributed by atoms with Crippen molar-refractivity contribution in [1.29, 1.82) is 0 Å². The number of hydrogen-bond donors (Lipinski definition) is 4. The van der Waals surface area contributed by atoms with E-state index in [-0.39, 0.29) is 23.8 Å². The molecule has 16 heteroatoms. The van der Waals surface area contributed by atoms with Gasteiger partial charge in [-0.05, 0) is 84.0 Å². The van der Waals surface area contributed by atoms with E-state index in [0.717, 1.165) is 64.8 Å². The van der Waals surface area contributed by atoms with E-state index in [0.29, 0.717) is 107 Å². The predicted molar refractivity (Wildman–Crippen MR) is 240 cm³/mol. The normalized spacial score (nSPS) is 13.2. The number of H-pyrrole nitrogens is 1. The molecule has 0 saturated heterocycles. The van der Waals surface area contributed by atoms with Crippen LogP contribution < -0.4 is 16.4 Å². The van der Waals surface area contributed by atoms with Gasteiger partial charge in [-0.3, -0.25) is 19.1 Å². The number of carbonyl (C=O) groups excluding carboxylic acids is 2. The lowest BCUT2D eigenvalue weighted by atomic mass is 9.77. The van der Waals surface area contributed by atoms with Crippen LogP contribution in [0.4, 0.5) is 10.7 Å². The summed E-state index contributed by atoms with van der Waals surface area (Å²) in [6.45, 7) is 9.54. The summed E-state index contributed by atoms with van der Waals surface area (Å²) >= 11 is 1.49. The molecule has 0 saturated carbocycles. The number of anilines is 2. The van der Waals surface area contributed by atoms with Gasteiger partial charge in [0.2, 0.25) is 0 Å².